The zero-order valence-corrected chi connectivity index (χ0v) is 9.87. The minimum atomic E-state index is -3.13. The zero-order valence-electron chi connectivity index (χ0n) is 9.87. The second kappa shape index (κ2) is 5.99. The molecule has 8 heteroatoms. The maximum Gasteiger partial charge on any atom is 0.336 e. The number of carbonyl (C=O) groups excluding carboxylic acids is 1. The Morgan fingerprint density at radius 2 is 1.50 bits per heavy atom. The predicted molar refractivity (Wildman–Crippen MR) is 55.8 cm³/mol. The highest BCUT2D eigenvalue weighted by Gasteiger charge is 2.63. The third-order valence-corrected chi connectivity index (χ3v) is 2.50. The lowest BCUT2D eigenvalue weighted by molar-refractivity contribution is -0.188. The SMILES string of the molecule is CCOC(=O)C(C(=O)O)(C(=O)O)C(CC)C(=O)O. The van der Waals surface area contributed by atoms with E-state index in [-0.39, 0.29) is 13.0 Å². The summed E-state index contributed by atoms with van der Waals surface area (Å²) in [6.45, 7) is 2.38. The van der Waals surface area contributed by atoms with Crippen molar-refractivity contribution in [1.29, 1.82) is 0 Å². The van der Waals surface area contributed by atoms with Crippen molar-refractivity contribution in [3.05, 3.63) is 0 Å². The molecule has 0 aromatic rings. The molecule has 0 saturated heterocycles. The first-order valence-electron chi connectivity index (χ1n) is 5.13. The number of esters is 1. The molecule has 0 spiro atoms. The molecule has 0 saturated carbocycles. The minimum Gasteiger partial charge on any atom is -0.481 e. The molecule has 0 aromatic heterocycles. The first-order chi connectivity index (χ1) is 8.26. The number of carboxylic acid groups (broad SMARTS) is 3. The molecule has 0 radical (unpaired) electrons. The fraction of sp³-hybridized carbons (Fsp3) is 0.600. The molecule has 0 aliphatic carbocycles. The van der Waals surface area contributed by atoms with Crippen molar-refractivity contribution < 1.29 is 39.2 Å². The lowest BCUT2D eigenvalue weighted by Gasteiger charge is -2.27. The van der Waals surface area contributed by atoms with E-state index in [1.54, 1.807) is 0 Å². The molecule has 0 bridgehead atoms. The van der Waals surface area contributed by atoms with Gasteiger partial charge in [-0.3, -0.25) is 19.2 Å². The Kier molecular flexibility index (Phi) is 5.28. The summed E-state index contributed by atoms with van der Waals surface area (Å²) in [5, 5.41) is 26.9. The third kappa shape index (κ3) is 2.41. The van der Waals surface area contributed by atoms with Gasteiger partial charge in [-0.05, 0) is 13.3 Å². The predicted octanol–water partition coefficient (Wildman–Crippen LogP) is -0.184. The van der Waals surface area contributed by atoms with Crippen LogP contribution < -0.4 is 0 Å². The van der Waals surface area contributed by atoms with Gasteiger partial charge in [0.15, 0.2) is 0 Å². The van der Waals surface area contributed by atoms with E-state index in [1.165, 1.54) is 13.8 Å². The summed E-state index contributed by atoms with van der Waals surface area (Å²) in [5.41, 5.74) is -3.13. The Bertz CT molecular complexity index is 358. The number of rotatable bonds is 7. The Morgan fingerprint density at radius 1 is 1.06 bits per heavy atom. The van der Waals surface area contributed by atoms with E-state index in [2.05, 4.69) is 4.74 Å². The van der Waals surface area contributed by atoms with Gasteiger partial charge in [0, 0.05) is 0 Å². The fourth-order valence-electron chi connectivity index (χ4n) is 1.62. The maximum atomic E-state index is 11.6. The Labute approximate surface area is 102 Å². The molecule has 1 atom stereocenters. The molecule has 0 fully saturated rings. The smallest absolute Gasteiger partial charge is 0.336 e. The van der Waals surface area contributed by atoms with Crippen molar-refractivity contribution >= 4 is 23.9 Å². The summed E-state index contributed by atoms with van der Waals surface area (Å²) < 4.78 is 4.40. The van der Waals surface area contributed by atoms with Crippen LogP contribution in [-0.2, 0) is 23.9 Å². The van der Waals surface area contributed by atoms with E-state index >= 15 is 0 Å². The molecule has 3 N–H and O–H groups in total. The van der Waals surface area contributed by atoms with Crippen LogP contribution in [0.25, 0.3) is 0 Å². The molecule has 1 unspecified atom stereocenters. The van der Waals surface area contributed by atoms with Gasteiger partial charge in [0.25, 0.3) is 5.41 Å². The minimum absolute atomic E-state index is 0.253. The van der Waals surface area contributed by atoms with Crippen LogP contribution in [0, 0.1) is 11.3 Å². The van der Waals surface area contributed by atoms with Crippen molar-refractivity contribution in [2.45, 2.75) is 20.3 Å². The van der Waals surface area contributed by atoms with Gasteiger partial charge in [-0.1, -0.05) is 6.92 Å². The molecular weight excluding hydrogens is 248 g/mol. The van der Waals surface area contributed by atoms with Crippen molar-refractivity contribution in [2.24, 2.45) is 11.3 Å². The second-order valence-electron chi connectivity index (χ2n) is 3.44. The molecule has 18 heavy (non-hydrogen) atoms. The van der Waals surface area contributed by atoms with Crippen LogP contribution in [0.5, 0.6) is 0 Å². The molecule has 102 valence electrons. The normalized spacial score (nSPS) is 12.6. The maximum absolute atomic E-state index is 11.6. The van der Waals surface area contributed by atoms with Gasteiger partial charge in [0.2, 0.25) is 0 Å². The van der Waals surface area contributed by atoms with E-state index in [4.69, 9.17) is 15.3 Å². The van der Waals surface area contributed by atoms with Gasteiger partial charge < -0.3 is 20.1 Å². The summed E-state index contributed by atoms with van der Waals surface area (Å²) in [5.74, 6) is -9.29. The van der Waals surface area contributed by atoms with Crippen LogP contribution in [0.2, 0.25) is 0 Å². The van der Waals surface area contributed by atoms with Crippen LogP contribution in [0.15, 0.2) is 0 Å². The molecule has 0 heterocycles. The lowest BCUT2D eigenvalue weighted by atomic mass is 9.73. The average molecular weight is 262 g/mol. The first-order valence-corrected chi connectivity index (χ1v) is 5.13. The number of ether oxygens (including phenoxy) is 1. The highest BCUT2D eigenvalue weighted by molar-refractivity contribution is 6.19. The molecule has 0 aliphatic heterocycles. The van der Waals surface area contributed by atoms with Crippen molar-refractivity contribution in [3.63, 3.8) is 0 Å². The zero-order chi connectivity index (χ0) is 14.5. The number of aliphatic carboxylic acids is 3. The van der Waals surface area contributed by atoms with Gasteiger partial charge in [0.1, 0.15) is 0 Å². The van der Waals surface area contributed by atoms with E-state index in [9.17, 15) is 19.2 Å². The molecule has 8 nitrogen and oxygen atoms in total. The van der Waals surface area contributed by atoms with Crippen LogP contribution in [-0.4, -0.2) is 45.8 Å². The lowest BCUT2D eigenvalue weighted by Crippen LogP contribution is -2.55. The van der Waals surface area contributed by atoms with Crippen LogP contribution in [0.3, 0.4) is 0 Å². The quantitative estimate of drug-likeness (QED) is 0.424. The van der Waals surface area contributed by atoms with Gasteiger partial charge >= 0.3 is 23.9 Å². The third-order valence-electron chi connectivity index (χ3n) is 2.50. The first kappa shape index (κ1) is 15.9. The van der Waals surface area contributed by atoms with Gasteiger partial charge in [-0.25, -0.2) is 0 Å². The molecule has 0 aliphatic rings. The standard InChI is InChI=1S/C10H14O8/c1-3-5(6(11)12)10(7(13)14,8(15)16)9(17)18-4-2/h5H,3-4H2,1-2H3,(H,11,12)(H,13,14)(H,15,16). The summed E-state index contributed by atoms with van der Waals surface area (Å²) in [6.07, 6.45) is -0.341. The number of hydrogen-bond acceptors (Lipinski definition) is 5. The molecule has 0 aromatic carbocycles. The van der Waals surface area contributed by atoms with E-state index < -0.39 is 35.2 Å². The van der Waals surface area contributed by atoms with E-state index in [0.29, 0.717) is 0 Å². The summed E-state index contributed by atoms with van der Waals surface area (Å²) in [6, 6.07) is 0. The van der Waals surface area contributed by atoms with Crippen LogP contribution in [0.1, 0.15) is 20.3 Å². The largest absolute Gasteiger partial charge is 0.481 e. The highest BCUT2D eigenvalue weighted by Crippen LogP contribution is 2.33. The van der Waals surface area contributed by atoms with Gasteiger partial charge in [0.05, 0.1) is 12.5 Å². The molecule has 0 amide bonds. The highest BCUT2D eigenvalue weighted by atomic mass is 16.5. The summed E-state index contributed by atoms with van der Waals surface area (Å²) in [7, 11) is 0. The Hall–Kier alpha value is -2.12. The Balaban J connectivity index is 5.93. The monoisotopic (exact) mass is 262 g/mol. The molecular formula is C10H14O8. The van der Waals surface area contributed by atoms with Crippen molar-refractivity contribution in [2.75, 3.05) is 6.61 Å². The second-order valence-corrected chi connectivity index (χ2v) is 3.44. The number of hydrogen-bond donors (Lipinski definition) is 3. The number of carbonyl (C=O) groups is 4. The van der Waals surface area contributed by atoms with Crippen LogP contribution >= 0.6 is 0 Å². The Morgan fingerprint density at radius 3 is 1.72 bits per heavy atom. The average Bonchev–Trinajstić information content (AvgIpc) is 2.23. The van der Waals surface area contributed by atoms with E-state index in [1.807, 2.05) is 0 Å². The fourth-order valence-corrected chi connectivity index (χ4v) is 1.62. The van der Waals surface area contributed by atoms with Crippen molar-refractivity contribution in [1.82, 2.24) is 0 Å². The van der Waals surface area contributed by atoms with E-state index in [0.717, 1.165) is 0 Å². The topological polar surface area (TPSA) is 138 Å². The number of carboxylic acids is 3. The summed E-state index contributed by atoms with van der Waals surface area (Å²) >= 11 is 0. The molecule has 0 rings (SSSR count). The van der Waals surface area contributed by atoms with Gasteiger partial charge in [-0.15, -0.1) is 0 Å². The van der Waals surface area contributed by atoms with Crippen LogP contribution in [0.4, 0.5) is 0 Å². The van der Waals surface area contributed by atoms with Crippen molar-refractivity contribution in [3.8, 4) is 0 Å². The summed E-state index contributed by atoms with van der Waals surface area (Å²) in [4.78, 5) is 44.8. The van der Waals surface area contributed by atoms with Gasteiger partial charge in [-0.2, -0.15) is 0 Å².